The van der Waals surface area contributed by atoms with Gasteiger partial charge in [0.1, 0.15) is 17.6 Å². The summed E-state index contributed by atoms with van der Waals surface area (Å²) in [6, 6.07) is 5.34. The van der Waals surface area contributed by atoms with Crippen LogP contribution in [-0.2, 0) is 4.74 Å². The van der Waals surface area contributed by atoms with Crippen LogP contribution in [0.15, 0.2) is 35.1 Å². The van der Waals surface area contributed by atoms with Gasteiger partial charge in [0.2, 0.25) is 0 Å². The number of aromatic nitrogens is 2. The predicted octanol–water partition coefficient (Wildman–Crippen LogP) is 1.79. The number of piperidine rings is 1. The second-order valence-corrected chi connectivity index (χ2v) is 7.18. The summed E-state index contributed by atoms with van der Waals surface area (Å²) in [6.07, 6.45) is 5.20. The Morgan fingerprint density at radius 3 is 3.07 bits per heavy atom. The molecule has 2 N–H and O–H groups in total. The Labute approximate surface area is 170 Å². The highest BCUT2D eigenvalue weighted by molar-refractivity contribution is 5.92. The molecule has 2 aromatic heterocycles. The van der Waals surface area contributed by atoms with Crippen LogP contribution in [0.4, 0.5) is 0 Å². The molecule has 154 valence electrons. The van der Waals surface area contributed by atoms with Crippen molar-refractivity contribution in [1.29, 1.82) is 0 Å². The Balaban J connectivity index is 0.00000225. The largest absolute Gasteiger partial charge is 0.467 e. The zero-order chi connectivity index (χ0) is 18.6. The third-order valence-electron chi connectivity index (χ3n) is 5.33. The van der Waals surface area contributed by atoms with E-state index in [1.807, 2.05) is 10.9 Å². The molecule has 0 saturated carbocycles. The van der Waals surface area contributed by atoms with E-state index < -0.39 is 6.10 Å². The molecule has 2 aromatic rings. The summed E-state index contributed by atoms with van der Waals surface area (Å²) in [5.41, 5.74) is 0.444. The van der Waals surface area contributed by atoms with Gasteiger partial charge in [-0.1, -0.05) is 0 Å². The second kappa shape index (κ2) is 9.56. The molecule has 0 aliphatic carbocycles. The van der Waals surface area contributed by atoms with Crippen molar-refractivity contribution in [3.63, 3.8) is 0 Å². The van der Waals surface area contributed by atoms with Gasteiger partial charge in [-0.15, -0.1) is 12.4 Å². The number of ether oxygens (including phenoxy) is 1. The van der Waals surface area contributed by atoms with Gasteiger partial charge in [0.05, 0.1) is 31.6 Å². The number of hydrogen-bond donors (Lipinski definition) is 2. The van der Waals surface area contributed by atoms with Gasteiger partial charge in [-0.2, -0.15) is 5.10 Å². The maximum absolute atomic E-state index is 13.0. The van der Waals surface area contributed by atoms with Crippen molar-refractivity contribution in [2.75, 3.05) is 32.8 Å². The lowest BCUT2D eigenvalue weighted by atomic mass is 10.0. The van der Waals surface area contributed by atoms with E-state index in [2.05, 4.69) is 10.4 Å². The van der Waals surface area contributed by atoms with Crippen molar-refractivity contribution in [2.24, 2.45) is 0 Å². The first kappa shape index (κ1) is 20.9. The maximum atomic E-state index is 13.0. The molecular weight excluding hydrogens is 384 g/mol. The van der Waals surface area contributed by atoms with Gasteiger partial charge < -0.3 is 24.5 Å². The molecule has 4 heterocycles. The lowest BCUT2D eigenvalue weighted by Gasteiger charge is -2.36. The van der Waals surface area contributed by atoms with Crippen molar-refractivity contribution in [3.05, 3.63) is 42.1 Å². The lowest BCUT2D eigenvalue weighted by molar-refractivity contribution is -0.0198. The lowest BCUT2D eigenvalue weighted by Crippen LogP contribution is -2.49. The van der Waals surface area contributed by atoms with Crippen molar-refractivity contribution in [3.8, 4) is 0 Å². The van der Waals surface area contributed by atoms with Crippen LogP contribution >= 0.6 is 12.4 Å². The van der Waals surface area contributed by atoms with E-state index in [9.17, 15) is 9.90 Å². The number of amides is 1. The number of carbonyl (C=O) groups excluding carboxylic acids is 1. The number of aliphatic hydroxyl groups is 1. The smallest absolute Gasteiger partial charge is 0.274 e. The summed E-state index contributed by atoms with van der Waals surface area (Å²) >= 11 is 0. The highest BCUT2D eigenvalue weighted by atomic mass is 35.5. The monoisotopic (exact) mass is 410 g/mol. The Hall–Kier alpha value is -1.87. The maximum Gasteiger partial charge on any atom is 0.274 e. The number of furan rings is 1. The van der Waals surface area contributed by atoms with Crippen LogP contribution in [0.1, 0.15) is 47.7 Å². The van der Waals surface area contributed by atoms with E-state index in [0.717, 1.165) is 25.9 Å². The van der Waals surface area contributed by atoms with E-state index in [1.165, 1.54) is 6.26 Å². The fraction of sp³-hybridized carbons (Fsp3) is 0.579. The van der Waals surface area contributed by atoms with E-state index >= 15 is 0 Å². The van der Waals surface area contributed by atoms with Gasteiger partial charge in [0.25, 0.3) is 5.91 Å². The first-order valence-corrected chi connectivity index (χ1v) is 9.58. The molecule has 3 atom stereocenters. The van der Waals surface area contributed by atoms with Gasteiger partial charge in [0.15, 0.2) is 0 Å². The molecule has 8 nitrogen and oxygen atoms in total. The third-order valence-corrected chi connectivity index (χ3v) is 5.33. The van der Waals surface area contributed by atoms with Crippen molar-refractivity contribution < 1.29 is 19.1 Å². The van der Waals surface area contributed by atoms with Gasteiger partial charge in [-0.3, -0.25) is 9.48 Å². The zero-order valence-electron chi connectivity index (χ0n) is 15.7. The molecule has 1 amide bonds. The molecule has 9 heteroatoms. The molecular formula is C19H27ClN4O4. The minimum absolute atomic E-state index is 0. The molecule has 2 fully saturated rings. The number of hydrogen-bond acceptors (Lipinski definition) is 6. The van der Waals surface area contributed by atoms with E-state index in [0.29, 0.717) is 43.7 Å². The SMILES string of the molecule is Cl.O=C(c1ccn(C2CCCNC2)n1)N1CCOCC1CC(O)c1ccco1. The van der Waals surface area contributed by atoms with E-state index in [-0.39, 0.29) is 24.4 Å². The molecule has 4 rings (SSSR count). The average Bonchev–Trinajstić information content (AvgIpc) is 3.41. The first-order valence-electron chi connectivity index (χ1n) is 9.58. The van der Waals surface area contributed by atoms with E-state index in [4.69, 9.17) is 9.15 Å². The Morgan fingerprint density at radius 2 is 2.32 bits per heavy atom. The Kier molecular flexibility index (Phi) is 7.12. The summed E-state index contributed by atoms with van der Waals surface area (Å²) in [6.45, 7) is 3.30. The average molecular weight is 411 g/mol. The Morgan fingerprint density at radius 1 is 1.43 bits per heavy atom. The number of nitrogens with zero attached hydrogens (tertiary/aromatic N) is 3. The first-order chi connectivity index (χ1) is 13.2. The minimum atomic E-state index is -0.770. The summed E-state index contributed by atoms with van der Waals surface area (Å²) in [4.78, 5) is 14.8. The molecule has 0 spiro atoms. The zero-order valence-corrected chi connectivity index (χ0v) is 16.5. The molecule has 2 saturated heterocycles. The van der Waals surface area contributed by atoms with Crippen LogP contribution < -0.4 is 5.32 Å². The molecule has 0 bridgehead atoms. The van der Waals surface area contributed by atoms with Crippen LogP contribution in [0.2, 0.25) is 0 Å². The normalized spacial score (nSPS) is 23.8. The Bertz CT molecular complexity index is 745. The fourth-order valence-corrected chi connectivity index (χ4v) is 3.83. The van der Waals surface area contributed by atoms with Crippen molar-refractivity contribution in [2.45, 2.75) is 37.5 Å². The molecule has 0 aromatic carbocycles. The van der Waals surface area contributed by atoms with Gasteiger partial charge in [-0.25, -0.2) is 0 Å². The van der Waals surface area contributed by atoms with Crippen LogP contribution in [-0.4, -0.2) is 64.6 Å². The summed E-state index contributed by atoms with van der Waals surface area (Å²) in [5, 5.41) is 18.3. The highest BCUT2D eigenvalue weighted by Gasteiger charge is 2.32. The van der Waals surface area contributed by atoms with Gasteiger partial charge in [-0.05, 0) is 37.6 Å². The topological polar surface area (TPSA) is 92.8 Å². The standard InChI is InChI=1S/C19H26N4O4.ClH/c24-17(18-4-2-9-27-18)11-15-13-26-10-8-22(15)19(25)16-5-7-23(21-16)14-3-1-6-20-12-14;/h2,4-5,7,9,14-15,17,20,24H,1,3,6,8,10-13H2;1H. The van der Waals surface area contributed by atoms with Crippen LogP contribution in [0.25, 0.3) is 0 Å². The molecule has 2 aliphatic heterocycles. The third kappa shape index (κ3) is 4.57. The van der Waals surface area contributed by atoms with Gasteiger partial charge >= 0.3 is 0 Å². The molecule has 2 aliphatic rings. The second-order valence-electron chi connectivity index (χ2n) is 7.18. The predicted molar refractivity (Wildman–Crippen MR) is 105 cm³/mol. The number of morpholine rings is 1. The quantitative estimate of drug-likeness (QED) is 0.780. The number of rotatable bonds is 5. The van der Waals surface area contributed by atoms with Crippen molar-refractivity contribution in [1.82, 2.24) is 20.0 Å². The number of carbonyl (C=O) groups is 1. The van der Waals surface area contributed by atoms with Crippen LogP contribution in [0, 0.1) is 0 Å². The fourth-order valence-electron chi connectivity index (χ4n) is 3.83. The molecule has 3 unspecified atom stereocenters. The number of nitrogens with one attached hydrogen (secondary N) is 1. The van der Waals surface area contributed by atoms with Crippen molar-refractivity contribution >= 4 is 18.3 Å². The van der Waals surface area contributed by atoms with Crippen LogP contribution in [0.3, 0.4) is 0 Å². The summed E-state index contributed by atoms with van der Waals surface area (Å²) < 4.78 is 12.7. The molecule has 0 radical (unpaired) electrons. The highest BCUT2D eigenvalue weighted by Crippen LogP contribution is 2.24. The molecule has 28 heavy (non-hydrogen) atoms. The van der Waals surface area contributed by atoms with E-state index in [1.54, 1.807) is 23.1 Å². The summed E-state index contributed by atoms with van der Waals surface area (Å²) in [5.74, 6) is 0.388. The number of halogens is 1. The van der Waals surface area contributed by atoms with Gasteiger partial charge in [0, 0.05) is 25.7 Å². The summed E-state index contributed by atoms with van der Waals surface area (Å²) in [7, 11) is 0. The minimum Gasteiger partial charge on any atom is -0.467 e. The van der Waals surface area contributed by atoms with Crippen LogP contribution in [0.5, 0.6) is 0 Å². The number of aliphatic hydroxyl groups excluding tert-OH is 1.